The average Bonchev–Trinajstić information content (AvgIpc) is 2.96. The molecule has 0 rings (SSSR count). The van der Waals surface area contributed by atoms with Crippen molar-refractivity contribution in [2.75, 3.05) is 6.61 Å². The molecular formula is C35H71NO4. The summed E-state index contributed by atoms with van der Waals surface area (Å²) in [5.41, 5.74) is 0. The van der Waals surface area contributed by atoms with Crippen molar-refractivity contribution in [1.29, 1.82) is 0 Å². The first kappa shape index (κ1) is 39.4. The van der Waals surface area contributed by atoms with Gasteiger partial charge in [0, 0.05) is 6.42 Å². The highest BCUT2D eigenvalue weighted by Gasteiger charge is 2.26. The number of nitrogens with one attached hydrogen (secondary N) is 1. The van der Waals surface area contributed by atoms with E-state index in [2.05, 4.69) is 19.2 Å². The molecule has 1 amide bonds. The smallest absolute Gasteiger partial charge is 0.220 e. The summed E-state index contributed by atoms with van der Waals surface area (Å²) in [4.78, 5) is 12.3. The molecule has 0 spiro atoms. The fraction of sp³-hybridized carbons (Fsp3) is 0.971. The lowest BCUT2D eigenvalue weighted by molar-refractivity contribution is -0.124. The highest BCUT2D eigenvalue weighted by atomic mass is 16.3. The van der Waals surface area contributed by atoms with E-state index in [1.807, 2.05) is 0 Å². The molecule has 0 bridgehead atoms. The second-order valence-electron chi connectivity index (χ2n) is 12.4. The Bertz CT molecular complexity index is 516. The highest BCUT2D eigenvalue weighted by molar-refractivity contribution is 5.76. The van der Waals surface area contributed by atoms with Crippen LogP contribution in [0.25, 0.3) is 0 Å². The van der Waals surface area contributed by atoms with Crippen LogP contribution in [0.5, 0.6) is 0 Å². The van der Waals surface area contributed by atoms with Crippen molar-refractivity contribution in [3.05, 3.63) is 0 Å². The molecule has 3 unspecified atom stereocenters. The summed E-state index contributed by atoms with van der Waals surface area (Å²) in [5.74, 6) is -0.147. The third-order valence-electron chi connectivity index (χ3n) is 8.46. The monoisotopic (exact) mass is 570 g/mol. The Morgan fingerprint density at radius 1 is 0.525 bits per heavy atom. The van der Waals surface area contributed by atoms with Gasteiger partial charge in [0.15, 0.2) is 0 Å². The lowest BCUT2D eigenvalue weighted by Gasteiger charge is -2.26. The van der Waals surface area contributed by atoms with Gasteiger partial charge in [0.2, 0.25) is 5.91 Å². The molecular weight excluding hydrogens is 498 g/mol. The SMILES string of the molecule is CCCCCCCCCCCCCCCCCCCC(O)C(O)C(CO)NC(=O)CCCCCCCCCCC. The second-order valence-corrected chi connectivity index (χ2v) is 12.4. The highest BCUT2D eigenvalue weighted by Crippen LogP contribution is 2.16. The standard InChI is InChI=1S/C35H71NO4/c1-3-5-7-9-11-13-14-15-16-17-18-19-20-22-23-25-27-29-33(38)35(40)32(31-37)36-34(39)30-28-26-24-21-12-10-8-6-4-2/h32-33,35,37-38,40H,3-31H2,1-2H3,(H,36,39). The molecule has 0 aliphatic heterocycles. The molecule has 5 heteroatoms. The van der Waals surface area contributed by atoms with Crippen LogP contribution < -0.4 is 5.32 Å². The quantitative estimate of drug-likeness (QED) is 0.0608. The zero-order valence-electron chi connectivity index (χ0n) is 27.0. The van der Waals surface area contributed by atoms with Crippen molar-refractivity contribution < 1.29 is 20.1 Å². The first-order valence-corrected chi connectivity index (χ1v) is 17.8. The van der Waals surface area contributed by atoms with Gasteiger partial charge in [-0.15, -0.1) is 0 Å². The molecule has 0 aromatic heterocycles. The van der Waals surface area contributed by atoms with Crippen LogP contribution in [0, 0.1) is 0 Å². The Balaban J connectivity index is 3.64. The minimum Gasteiger partial charge on any atom is -0.394 e. The maximum atomic E-state index is 12.3. The first-order chi connectivity index (χ1) is 19.6. The Labute approximate surface area is 249 Å². The zero-order valence-corrected chi connectivity index (χ0v) is 27.0. The van der Waals surface area contributed by atoms with Crippen LogP contribution in [0.4, 0.5) is 0 Å². The number of amides is 1. The van der Waals surface area contributed by atoms with Gasteiger partial charge in [-0.2, -0.15) is 0 Å². The van der Waals surface area contributed by atoms with E-state index in [0.29, 0.717) is 12.8 Å². The van der Waals surface area contributed by atoms with E-state index in [0.717, 1.165) is 32.1 Å². The molecule has 0 aliphatic rings. The molecule has 0 aliphatic carbocycles. The molecule has 0 saturated carbocycles. The fourth-order valence-corrected chi connectivity index (χ4v) is 5.63. The van der Waals surface area contributed by atoms with E-state index in [1.54, 1.807) is 0 Å². The Hall–Kier alpha value is -0.650. The molecule has 4 N–H and O–H groups in total. The third-order valence-corrected chi connectivity index (χ3v) is 8.46. The number of hydrogen-bond donors (Lipinski definition) is 4. The molecule has 0 radical (unpaired) electrons. The van der Waals surface area contributed by atoms with E-state index in [1.165, 1.54) is 135 Å². The summed E-state index contributed by atoms with van der Waals surface area (Å²) in [5, 5.41) is 33.3. The van der Waals surface area contributed by atoms with E-state index in [4.69, 9.17) is 0 Å². The van der Waals surface area contributed by atoms with Crippen molar-refractivity contribution in [1.82, 2.24) is 5.32 Å². The van der Waals surface area contributed by atoms with Crippen molar-refractivity contribution in [3.8, 4) is 0 Å². The van der Waals surface area contributed by atoms with Crippen molar-refractivity contribution >= 4 is 5.91 Å². The molecule has 0 aromatic rings. The van der Waals surface area contributed by atoms with Crippen LogP contribution in [0.2, 0.25) is 0 Å². The number of aliphatic hydroxyl groups excluding tert-OH is 3. The first-order valence-electron chi connectivity index (χ1n) is 17.8. The summed E-state index contributed by atoms with van der Waals surface area (Å²) in [6.07, 6.45) is 32.0. The lowest BCUT2D eigenvalue weighted by atomic mass is 9.99. The van der Waals surface area contributed by atoms with Gasteiger partial charge in [-0.05, 0) is 12.8 Å². The normalized spacial score (nSPS) is 13.8. The number of carbonyl (C=O) groups is 1. The molecule has 0 heterocycles. The van der Waals surface area contributed by atoms with Crippen LogP contribution in [-0.2, 0) is 4.79 Å². The van der Waals surface area contributed by atoms with E-state index < -0.39 is 18.2 Å². The fourth-order valence-electron chi connectivity index (χ4n) is 5.63. The van der Waals surface area contributed by atoms with E-state index >= 15 is 0 Å². The molecule has 240 valence electrons. The number of rotatable bonds is 32. The van der Waals surface area contributed by atoms with Gasteiger partial charge >= 0.3 is 0 Å². The number of carbonyl (C=O) groups excluding carboxylic acids is 1. The van der Waals surface area contributed by atoms with E-state index in [9.17, 15) is 20.1 Å². The number of unbranched alkanes of at least 4 members (excludes halogenated alkanes) is 24. The lowest BCUT2D eigenvalue weighted by Crippen LogP contribution is -2.50. The molecule has 5 nitrogen and oxygen atoms in total. The topological polar surface area (TPSA) is 89.8 Å². The molecule has 40 heavy (non-hydrogen) atoms. The Kier molecular flexibility index (Phi) is 30.8. The van der Waals surface area contributed by atoms with E-state index in [-0.39, 0.29) is 12.5 Å². The van der Waals surface area contributed by atoms with Crippen LogP contribution in [0.3, 0.4) is 0 Å². The zero-order chi connectivity index (χ0) is 29.5. The summed E-state index contributed by atoms with van der Waals surface area (Å²) < 4.78 is 0. The van der Waals surface area contributed by atoms with Gasteiger partial charge in [-0.1, -0.05) is 174 Å². The summed E-state index contributed by atoms with van der Waals surface area (Å²) in [6.45, 7) is 4.15. The summed E-state index contributed by atoms with van der Waals surface area (Å²) in [6, 6.07) is -0.799. The minimum atomic E-state index is -1.13. The summed E-state index contributed by atoms with van der Waals surface area (Å²) >= 11 is 0. The predicted molar refractivity (Wildman–Crippen MR) is 172 cm³/mol. The Morgan fingerprint density at radius 3 is 1.20 bits per heavy atom. The van der Waals surface area contributed by atoms with Crippen LogP contribution in [0.1, 0.15) is 194 Å². The van der Waals surface area contributed by atoms with Gasteiger partial charge in [0.25, 0.3) is 0 Å². The molecule has 3 atom stereocenters. The van der Waals surface area contributed by atoms with Gasteiger partial charge in [-0.25, -0.2) is 0 Å². The maximum Gasteiger partial charge on any atom is 0.220 e. The van der Waals surface area contributed by atoms with Gasteiger partial charge in [0.05, 0.1) is 18.8 Å². The van der Waals surface area contributed by atoms with Gasteiger partial charge < -0.3 is 20.6 Å². The van der Waals surface area contributed by atoms with Gasteiger partial charge in [-0.3, -0.25) is 4.79 Å². The number of hydrogen-bond acceptors (Lipinski definition) is 4. The minimum absolute atomic E-state index is 0.147. The summed E-state index contributed by atoms with van der Waals surface area (Å²) in [7, 11) is 0. The molecule has 0 fully saturated rings. The van der Waals surface area contributed by atoms with Gasteiger partial charge in [0.1, 0.15) is 6.10 Å². The van der Waals surface area contributed by atoms with Crippen molar-refractivity contribution in [2.45, 2.75) is 212 Å². The maximum absolute atomic E-state index is 12.3. The molecule has 0 aromatic carbocycles. The third kappa shape index (κ3) is 26.3. The van der Waals surface area contributed by atoms with Crippen LogP contribution >= 0.6 is 0 Å². The largest absolute Gasteiger partial charge is 0.394 e. The second kappa shape index (κ2) is 31.3. The average molecular weight is 570 g/mol. The van der Waals surface area contributed by atoms with Crippen LogP contribution in [0.15, 0.2) is 0 Å². The Morgan fingerprint density at radius 2 is 0.850 bits per heavy atom. The van der Waals surface area contributed by atoms with Crippen LogP contribution in [-0.4, -0.2) is 46.1 Å². The molecule has 0 saturated heterocycles. The van der Waals surface area contributed by atoms with Crippen molar-refractivity contribution in [2.24, 2.45) is 0 Å². The number of aliphatic hydroxyl groups is 3. The predicted octanol–water partition coefficient (Wildman–Crippen LogP) is 9.15. The van der Waals surface area contributed by atoms with Crippen molar-refractivity contribution in [3.63, 3.8) is 0 Å².